The lowest BCUT2D eigenvalue weighted by Crippen LogP contribution is -2.40. The molecular weight excluding hydrogens is 548 g/mol. The molecule has 198 valence electrons. The van der Waals surface area contributed by atoms with Crippen molar-refractivity contribution in [3.05, 3.63) is 86.9 Å². The van der Waals surface area contributed by atoms with E-state index in [0.717, 1.165) is 12.0 Å². The molecule has 0 saturated heterocycles. The van der Waals surface area contributed by atoms with Gasteiger partial charge in [0.1, 0.15) is 17.3 Å². The Balaban J connectivity index is 1.91. The molecule has 0 fully saturated rings. The molecule has 0 saturated carbocycles. The summed E-state index contributed by atoms with van der Waals surface area (Å²) in [4.78, 5) is 34.1. The number of para-hydroxylation sites is 1. The zero-order chi connectivity index (χ0) is 27.4. The van der Waals surface area contributed by atoms with E-state index >= 15 is 0 Å². The van der Waals surface area contributed by atoms with Crippen molar-refractivity contribution in [2.75, 3.05) is 26.1 Å². The summed E-state index contributed by atoms with van der Waals surface area (Å²) in [6.07, 6.45) is 0.722. The SMILES string of the molecule is CCCN(C(=O)Nc1cccc(C)c1)C(C)c1nc2ccccc2c(=O)n1-c1cc(OC)cc(OC)c1Br. The highest BCUT2D eigenvalue weighted by molar-refractivity contribution is 9.10. The average molecular weight is 579 g/mol. The largest absolute Gasteiger partial charge is 0.497 e. The van der Waals surface area contributed by atoms with Crippen LogP contribution in [0.2, 0.25) is 0 Å². The molecule has 38 heavy (non-hydrogen) atoms. The molecule has 0 aliphatic heterocycles. The van der Waals surface area contributed by atoms with Crippen molar-refractivity contribution in [2.45, 2.75) is 33.2 Å². The summed E-state index contributed by atoms with van der Waals surface area (Å²) >= 11 is 3.61. The molecule has 0 aliphatic rings. The number of anilines is 1. The van der Waals surface area contributed by atoms with E-state index in [0.29, 0.717) is 50.6 Å². The summed E-state index contributed by atoms with van der Waals surface area (Å²) < 4.78 is 13.1. The lowest BCUT2D eigenvalue weighted by molar-refractivity contribution is 0.189. The Morgan fingerprint density at radius 1 is 1.11 bits per heavy atom. The minimum Gasteiger partial charge on any atom is -0.497 e. The predicted molar refractivity (Wildman–Crippen MR) is 154 cm³/mol. The summed E-state index contributed by atoms with van der Waals surface area (Å²) in [5.74, 6) is 1.43. The van der Waals surface area contributed by atoms with Gasteiger partial charge in [-0.15, -0.1) is 0 Å². The van der Waals surface area contributed by atoms with E-state index in [1.807, 2.05) is 51.1 Å². The highest BCUT2D eigenvalue weighted by Gasteiger charge is 2.28. The maximum atomic E-state index is 14.0. The first kappa shape index (κ1) is 27.2. The standard InChI is InChI=1S/C29H31BrN4O4/c1-6-14-33(29(36)31-20-11-9-10-18(2)15-20)19(3)27-32-23-13-8-7-12-22(23)28(35)34(27)24-16-21(37-4)17-25(38-5)26(24)30/h7-13,15-17,19H,6,14H2,1-5H3,(H,31,36). The number of fused-ring (bicyclic) bond motifs is 1. The number of nitrogens with one attached hydrogen (secondary N) is 1. The third kappa shape index (κ3) is 5.38. The summed E-state index contributed by atoms with van der Waals surface area (Å²) in [5.41, 5.74) is 2.54. The van der Waals surface area contributed by atoms with Gasteiger partial charge < -0.3 is 19.7 Å². The molecule has 1 heterocycles. The number of hydrogen-bond donors (Lipinski definition) is 1. The average Bonchev–Trinajstić information content (AvgIpc) is 2.91. The van der Waals surface area contributed by atoms with Crippen molar-refractivity contribution >= 4 is 38.6 Å². The van der Waals surface area contributed by atoms with Gasteiger partial charge in [0.2, 0.25) is 0 Å². The maximum Gasteiger partial charge on any atom is 0.322 e. The fourth-order valence-corrected chi connectivity index (χ4v) is 4.99. The topological polar surface area (TPSA) is 85.7 Å². The molecular formula is C29H31BrN4O4. The molecule has 2 amide bonds. The minimum atomic E-state index is -0.554. The molecule has 0 radical (unpaired) electrons. The molecule has 3 aromatic carbocycles. The number of rotatable bonds is 8. The van der Waals surface area contributed by atoms with Gasteiger partial charge in [0, 0.05) is 24.4 Å². The number of urea groups is 1. The van der Waals surface area contributed by atoms with Gasteiger partial charge in [-0.25, -0.2) is 9.78 Å². The Hall–Kier alpha value is -3.85. The fraction of sp³-hybridized carbons (Fsp3) is 0.276. The van der Waals surface area contributed by atoms with Crippen LogP contribution in [0.1, 0.15) is 37.7 Å². The van der Waals surface area contributed by atoms with Crippen LogP contribution in [0.4, 0.5) is 10.5 Å². The molecule has 1 aromatic heterocycles. The van der Waals surface area contributed by atoms with Crippen molar-refractivity contribution in [3.8, 4) is 17.2 Å². The van der Waals surface area contributed by atoms with Crippen LogP contribution in [0.25, 0.3) is 16.6 Å². The summed E-state index contributed by atoms with van der Waals surface area (Å²) in [5, 5.41) is 3.46. The van der Waals surface area contributed by atoms with Crippen LogP contribution in [0.15, 0.2) is 69.9 Å². The zero-order valence-electron chi connectivity index (χ0n) is 22.1. The molecule has 0 spiro atoms. The van der Waals surface area contributed by atoms with Crippen LogP contribution >= 0.6 is 15.9 Å². The van der Waals surface area contributed by atoms with E-state index in [4.69, 9.17) is 14.5 Å². The number of amides is 2. The normalized spacial score (nSPS) is 11.7. The van der Waals surface area contributed by atoms with Crippen LogP contribution in [0, 0.1) is 6.92 Å². The van der Waals surface area contributed by atoms with Crippen molar-refractivity contribution in [2.24, 2.45) is 0 Å². The number of nitrogens with zero attached hydrogens (tertiary/aromatic N) is 3. The van der Waals surface area contributed by atoms with Crippen molar-refractivity contribution in [1.29, 1.82) is 0 Å². The smallest absolute Gasteiger partial charge is 0.322 e. The van der Waals surface area contributed by atoms with Crippen LogP contribution in [0.5, 0.6) is 11.5 Å². The second kappa shape index (κ2) is 11.7. The van der Waals surface area contributed by atoms with Gasteiger partial charge in [-0.2, -0.15) is 0 Å². The zero-order valence-corrected chi connectivity index (χ0v) is 23.7. The van der Waals surface area contributed by atoms with Gasteiger partial charge in [0.25, 0.3) is 5.56 Å². The fourth-order valence-electron chi connectivity index (χ4n) is 4.42. The van der Waals surface area contributed by atoms with Gasteiger partial charge >= 0.3 is 6.03 Å². The van der Waals surface area contributed by atoms with Gasteiger partial charge in [0.05, 0.1) is 41.3 Å². The van der Waals surface area contributed by atoms with Crippen molar-refractivity contribution in [3.63, 3.8) is 0 Å². The Bertz CT molecular complexity index is 1540. The lowest BCUT2D eigenvalue weighted by atomic mass is 10.1. The number of benzene rings is 3. The third-order valence-electron chi connectivity index (χ3n) is 6.33. The van der Waals surface area contributed by atoms with Crippen LogP contribution in [0.3, 0.4) is 0 Å². The first-order valence-electron chi connectivity index (χ1n) is 12.4. The Labute approximate surface area is 230 Å². The molecule has 8 nitrogen and oxygen atoms in total. The first-order valence-corrected chi connectivity index (χ1v) is 13.2. The molecule has 4 rings (SSSR count). The van der Waals surface area contributed by atoms with E-state index in [-0.39, 0.29) is 11.6 Å². The number of aryl methyl sites for hydroxylation is 1. The molecule has 1 unspecified atom stereocenters. The number of halogens is 1. The lowest BCUT2D eigenvalue weighted by Gasteiger charge is -2.30. The second-order valence-electron chi connectivity index (χ2n) is 8.96. The maximum absolute atomic E-state index is 14.0. The number of ether oxygens (including phenoxy) is 2. The highest BCUT2D eigenvalue weighted by Crippen LogP contribution is 2.37. The molecule has 9 heteroatoms. The number of carbonyl (C=O) groups excluding carboxylic acids is 1. The van der Waals surface area contributed by atoms with E-state index in [9.17, 15) is 9.59 Å². The minimum absolute atomic E-state index is 0.260. The van der Waals surface area contributed by atoms with Crippen LogP contribution < -0.4 is 20.3 Å². The molecule has 0 bridgehead atoms. The second-order valence-corrected chi connectivity index (χ2v) is 9.75. The van der Waals surface area contributed by atoms with E-state index in [1.54, 1.807) is 49.5 Å². The van der Waals surface area contributed by atoms with Crippen LogP contribution in [-0.4, -0.2) is 41.2 Å². The monoisotopic (exact) mass is 578 g/mol. The first-order chi connectivity index (χ1) is 18.3. The third-order valence-corrected chi connectivity index (χ3v) is 7.12. The number of methoxy groups -OCH3 is 2. The predicted octanol–water partition coefficient (Wildman–Crippen LogP) is 6.48. The van der Waals surface area contributed by atoms with Gasteiger partial charge in [0.15, 0.2) is 0 Å². The molecule has 4 aromatic rings. The Morgan fingerprint density at radius 2 is 1.87 bits per heavy atom. The highest BCUT2D eigenvalue weighted by atomic mass is 79.9. The van der Waals surface area contributed by atoms with Gasteiger partial charge in [-0.3, -0.25) is 9.36 Å². The number of hydrogen-bond acceptors (Lipinski definition) is 5. The molecule has 1 N–H and O–H groups in total. The van der Waals surface area contributed by atoms with Crippen molar-refractivity contribution < 1.29 is 14.3 Å². The summed E-state index contributed by atoms with van der Waals surface area (Å²) in [6.45, 7) is 6.32. The quantitative estimate of drug-likeness (QED) is 0.258. The van der Waals surface area contributed by atoms with Crippen LogP contribution in [-0.2, 0) is 0 Å². The van der Waals surface area contributed by atoms with Gasteiger partial charge in [-0.1, -0.05) is 31.2 Å². The molecule has 1 atom stereocenters. The number of carbonyl (C=O) groups is 1. The van der Waals surface area contributed by atoms with E-state index in [1.165, 1.54) is 4.57 Å². The van der Waals surface area contributed by atoms with Crippen molar-refractivity contribution in [1.82, 2.24) is 14.5 Å². The Morgan fingerprint density at radius 3 is 2.55 bits per heavy atom. The number of aromatic nitrogens is 2. The molecule has 0 aliphatic carbocycles. The van der Waals surface area contributed by atoms with Gasteiger partial charge in [-0.05, 0) is 66.0 Å². The Kier molecular flexibility index (Phi) is 8.36. The summed E-state index contributed by atoms with van der Waals surface area (Å²) in [6, 6.07) is 17.5. The van der Waals surface area contributed by atoms with E-state index < -0.39 is 6.04 Å². The van der Waals surface area contributed by atoms with E-state index in [2.05, 4.69) is 21.2 Å². The summed E-state index contributed by atoms with van der Waals surface area (Å²) in [7, 11) is 3.10.